The minimum Gasteiger partial charge on any atom is -0.394 e. The average molecular weight is 301 g/mol. The predicted molar refractivity (Wildman–Crippen MR) is 70.0 cm³/mol. The number of nitrogens with two attached hydrogens (primary N) is 2. The molecule has 11 heteroatoms. The molecule has 2 aromatic heterocycles. The molecule has 3 heterocycles. The summed E-state index contributed by atoms with van der Waals surface area (Å²) in [5, 5.41) is 28.9. The number of hydrogen-bond acceptors (Lipinski definition) is 9. The van der Waals surface area contributed by atoms with Crippen LogP contribution in [0.4, 0.5) is 11.9 Å². The van der Waals surface area contributed by atoms with Crippen LogP contribution >= 0.6 is 0 Å². The van der Waals surface area contributed by atoms with Gasteiger partial charge in [-0.25, -0.2) is 4.98 Å². The third kappa shape index (κ3) is 1.94. The number of aromatic nitrogens is 4. The third-order valence-electron chi connectivity index (χ3n) is 3.37. The van der Waals surface area contributed by atoms with Gasteiger partial charge in [0.1, 0.15) is 18.3 Å². The molecule has 11 nitrogen and oxygen atoms in total. The summed E-state index contributed by atoms with van der Waals surface area (Å²) in [6.07, 6.45) is -4.81. The number of aromatic amines is 1. The number of aliphatic hydroxyl groups excluding tert-OH is 3. The molecule has 114 valence electrons. The van der Waals surface area contributed by atoms with Gasteiger partial charge in [0.25, 0.3) is 5.56 Å². The van der Waals surface area contributed by atoms with Gasteiger partial charge in [-0.05, 0) is 0 Å². The highest BCUT2D eigenvalue weighted by molar-refractivity contribution is 5.74. The van der Waals surface area contributed by atoms with Crippen molar-refractivity contribution in [2.24, 2.45) is 0 Å². The molecular formula is C10H14N6O5. The predicted octanol–water partition coefficient (Wildman–Crippen LogP) is -3.10. The highest BCUT2D eigenvalue weighted by atomic mass is 16.6. The number of rotatable bonds is 2. The number of fused-ring (bicyclic) bond motifs is 1. The van der Waals surface area contributed by atoms with Crippen LogP contribution in [0.15, 0.2) is 4.79 Å². The lowest BCUT2D eigenvalue weighted by Gasteiger charge is -2.17. The quantitative estimate of drug-likeness (QED) is 0.334. The molecule has 1 saturated heterocycles. The Morgan fingerprint density at radius 2 is 2.00 bits per heavy atom. The topological polar surface area (TPSA) is 186 Å². The number of aliphatic hydroxyl groups is 3. The fourth-order valence-corrected chi connectivity index (χ4v) is 2.36. The first-order valence-corrected chi connectivity index (χ1v) is 6.09. The lowest BCUT2D eigenvalue weighted by molar-refractivity contribution is -0.0500. The number of anilines is 2. The van der Waals surface area contributed by atoms with Gasteiger partial charge >= 0.3 is 0 Å². The van der Waals surface area contributed by atoms with Gasteiger partial charge in [-0.1, -0.05) is 0 Å². The van der Waals surface area contributed by atoms with Crippen molar-refractivity contribution in [1.82, 2.24) is 19.5 Å². The SMILES string of the molecule is Nc1n[13c]2[13c]([15n]c(N)n2[C@@H]2O[C@H](CO)[C@H](O)[C@@H]2O)c(=O)[nH]1. The number of imidazole rings is 1. The Morgan fingerprint density at radius 1 is 1.29 bits per heavy atom. The molecule has 1 aliphatic rings. The lowest BCUT2D eigenvalue weighted by atomic mass is 10.1. The molecule has 1 aliphatic heterocycles. The molecule has 0 aromatic carbocycles. The number of nitrogen functional groups attached to an aromatic ring is 2. The Kier molecular flexibility index (Phi) is 3.06. The first kappa shape index (κ1) is 13.8. The van der Waals surface area contributed by atoms with Gasteiger partial charge in [0.05, 0.1) is 6.61 Å². The zero-order chi connectivity index (χ0) is 15.3. The zero-order valence-electron chi connectivity index (χ0n) is 10.7. The van der Waals surface area contributed by atoms with Crippen LogP contribution in [-0.4, -0.2) is 59.8 Å². The molecule has 21 heavy (non-hydrogen) atoms. The van der Waals surface area contributed by atoms with Gasteiger partial charge in [0.15, 0.2) is 17.4 Å². The Morgan fingerprint density at radius 3 is 2.62 bits per heavy atom. The Bertz CT molecular complexity index is 741. The van der Waals surface area contributed by atoms with Crippen LogP contribution in [0.2, 0.25) is 0 Å². The number of nitrogens with one attached hydrogen (secondary N) is 1. The van der Waals surface area contributed by atoms with Crippen LogP contribution in [0.3, 0.4) is 0 Å². The molecule has 0 spiro atoms. The second kappa shape index (κ2) is 4.66. The van der Waals surface area contributed by atoms with Crippen molar-refractivity contribution in [1.29, 1.82) is 0 Å². The van der Waals surface area contributed by atoms with Crippen LogP contribution in [0.5, 0.6) is 0 Å². The Hall–Kier alpha value is -2.21. The van der Waals surface area contributed by atoms with Crippen LogP contribution in [0.1, 0.15) is 6.23 Å². The zero-order valence-corrected chi connectivity index (χ0v) is 10.7. The second-order valence-corrected chi connectivity index (χ2v) is 4.69. The van der Waals surface area contributed by atoms with E-state index in [1.54, 1.807) is 0 Å². The molecule has 0 aliphatic carbocycles. The van der Waals surface area contributed by atoms with Gasteiger partial charge in [0, 0.05) is 0 Å². The molecule has 0 radical (unpaired) electrons. The van der Waals surface area contributed by atoms with Crippen molar-refractivity contribution < 1.29 is 20.1 Å². The minimum absolute atomic E-state index is 0.0172. The van der Waals surface area contributed by atoms with Crippen LogP contribution < -0.4 is 17.0 Å². The first-order valence-electron chi connectivity index (χ1n) is 6.09. The van der Waals surface area contributed by atoms with E-state index in [0.717, 1.165) is 4.57 Å². The monoisotopic (exact) mass is 301 g/mol. The van der Waals surface area contributed by atoms with Crippen molar-refractivity contribution in [3.8, 4) is 0 Å². The number of H-pyrrole nitrogens is 1. The highest BCUT2D eigenvalue weighted by Gasteiger charge is 2.44. The third-order valence-corrected chi connectivity index (χ3v) is 3.37. The van der Waals surface area contributed by atoms with Crippen LogP contribution in [0.25, 0.3) is 11.2 Å². The fourth-order valence-electron chi connectivity index (χ4n) is 2.36. The maximum atomic E-state index is 11.7. The van der Waals surface area contributed by atoms with Crippen molar-refractivity contribution in [2.45, 2.75) is 24.5 Å². The van der Waals surface area contributed by atoms with Crippen LogP contribution in [0, 0.1) is 0 Å². The first-order chi connectivity index (χ1) is 9.93. The van der Waals surface area contributed by atoms with Gasteiger partial charge in [-0.3, -0.25) is 14.3 Å². The van der Waals surface area contributed by atoms with Crippen LogP contribution in [-0.2, 0) is 4.74 Å². The Balaban J connectivity index is 2.17. The van der Waals surface area contributed by atoms with E-state index in [9.17, 15) is 15.0 Å². The maximum Gasteiger partial charge on any atom is 0.280 e. The summed E-state index contributed by atoms with van der Waals surface area (Å²) < 4.78 is 6.51. The maximum absolute atomic E-state index is 11.7. The summed E-state index contributed by atoms with van der Waals surface area (Å²) in [6.45, 7) is -0.489. The van der Waals surface area contributed by atoms with Crippen molar-refractivity contribution >= 4 is 23.1 Å². The minimum atomic E-state index is -1.37. The van der Waals surface area contributed by atoms with E-state index in [2.05, 4.69) is 15.0 Å². The molecule has 4 atom stereocenters. The number of nitrogens with zero attached hydrogens (tertiary/aromatic N) is 3. The largest absolute Gasteiger partial charge is 0.394 e. The number of ether oxygens (including phenoxy) is 1. The average Bonchev–Trinajstić information content (AvgIpc) is 2.89. The summed E-state index contributed by atoms with van der Waals surface area (Å²) in [6, 6.07) is 0. The van der Waals surface area contributed by atoms with E-state index in [1.165, 1.54) is 0 Å². The van der Waals surface area contributed by atoms with Gasteiger partial charge in [-0.2, -0.15) is 4.98 Å². The second-order valence-electron chi connectivity index (χ2n) is 4.69. The molecule has 0 bridgehead atoms. The smallest absolute Gasteiger partial charge is 0.280 e. The van der Waals surface area contributed by atoms with E-state index in [-0.39, 0.29) is 23.1 Å². The standard InChI is InChI=1S/C10H14N6O5/c11-9-14-6-3(7(20)15-9)13-10(12)16(6)8-5(19)4(18)2(1-17)21-8/h2,4-5,8,17-19H,1H2,(H2,12,13)(H3,11,14,15,20)/t2-,4+,5+,8-/m1/s1/i3+1,6+1,13+1. The normalized spacial score (nSPS) is 29.3. The van der Waals surface area contributed by atoms with Gasteiger partial charge in [-0.15, -0.1) is 0 Å². The van der Waals surface area contributed by atoms with E-state index in [0.29, 0.717) is 0 Å². The molecule has 0 unspecified atom stereocenters. The Labute approximate surface area is 116 Å². The molecule has 0 saturated carbocycles. The highest BCUT2D eigenvalue weighted by Crippen LogP contribution is 2.32. The molecule has 3 rings (SSSR count). The molecular weight excluding hydrogens is 287 g/mol. The molecule has 2 aromatic rings. The van der Waals surface area contributed by atoms with E-state index in [4.69, 9.17) is 21.3 Å². The van der Waals surface area contributed by atoms with E-state index in [1.807, 2.05) is 0 Å². The summed E-state index contributed by atoms with van der Waals surface area (Å²) in [5.41, 5.74) is 10.6. The number of hydrogen-bond donors (Lipinski definition) is 6. The summed E-state index contributed by atoms with van der Waals surface area (Å²) >= 11 is 0. The van der Waals surface area contributed by atoms with Crippen molar-refractivity contribution in [2.75, 3.05) is 18.1 Å². The van der Waals surface area contributed by atoms with E-state index >= 15 is 0 Å². The molecule has 0 amide bonds. The molecule has 1 fully saturated rings. The molecule has 8 N–H and O–H groups in total. The fraction of sp³-hybridized carbons (Fsp3) is 0.500. The van der Waals surface area contributed by atoms with Crippen molar-refractivity contribution in [3.05, 3.63) is 10.4 Å². The van der Waals surface area contributed by atoms with Crippen molar-refractivity contribution in [3.63, 3.8) is 0 Å². The van der Waals surface area contributed by atoms with E-state index < -0.39 is 36.7 Å². The lowest BCUT2D eigenvalue weighted by Crippen LogP contribution is -2.33. The summed E-state index contributed by atoms with van der Waals surface area (Å²) in [4.78, 5) is 21.8. The van der Waals surface area contributed by atoms with Gasteiger partial charge < -0.3 is 31.5 Å². The summed E-state index contributed by atoms with van der Waals surface area (Å²) in [7, 11) is 0. The van der Waals surface area contributed by atoms with Gasteiger partial charge in [0.2, 0.25) is 11.9 Å². The summed E-state index contributed by atoms with van der Waals surface area (Å²) in [5.74, 6) is -0.288.